The van der Waals surface area contributed by atoms with Gasteiger partial charge in [0.15, 0.2) is 0 Å². The number of halogens is 1. The van der Waals surface area contributed by atoms with Gasteiger partial charge in [0.05, 0.1) is 0 Å². The number of rotatable bonds is 1. The molecule has 0 saturated carbocycles. The number of nitrogens with zero attached hydrogens (tertiary/aromatic N) is 1. The Morgan fingerprint density at radius 1 is 1.71 bits per heavy atom. The Kier molecular flexibility index (Phi) is 5.49. The Morgan fingerprint density at radius 2 is 2.43 bits per heavy atom. The lowest BCUT2D eigenvalue weighted by atomic mass is 10.6. The molecule has 3 heteroatoms. The van der Waals surface area contributed by atoms with Crippen LogP contribution in [0.3, 0.4) is 0 Å². The van der Waals surface area contributed by atoms with Crippen molar-refractivity contribution in [2.75, 3.05) is 0 Å². The van der Waals surface area contributed by atoms with Gasteiger partial charge in [0.1, 0.15) is 0 Å². The standard InChI is InChI=1S/C4H5IN2/c5-3-1-2-4-7-6/h1-3H,6H2/b3-1-. The summed E-state index contributed by atoms with van der Waals surface area (Å²) in [6, 6.07) is 0. The highest BCUT2D eigenvalue weighted by molar-refractivity contribution is 14.1. The van der Waals surface area contributed by atoms with Crippen molar-refractivity contribution in [1.29, 1.82) is 0 Å². The zero-order valence-electron chi connectivity index (χ0n) is 3.63. The van der Waals surface area contributed by atoms with Gasteiger partial charge in [0, 0.05) is 11.9 Å². The first kappa shape index (κ1) is 6.72. The zero-order valence-corrected chi connectivity index (χ0v) is 5.79. The molecule has 38 valence electrons. The summed E-state index contributed by atoms with van der Waals surface area (Å²) in [5.41, 5.74) is 0. The molecule has 2 N–H and O–H groups in total. The molecule has 0 aromatic heterocycles. The highest BCUT2D eigenvalue weighted by Gasteiger charge is 1.51. The van der Waals surface area contributed by atoms with E-state index < -0.39 is 0 Å². The van der Waals surface area contributed by atoms with Gasteiger partial charge < -0.3 is 5.84 Å². The number of nitrogens with two attached hydrogens (primary N) is 1. The normalized spacial score (nSPS) is 8.14. The van der Waals surface area contributed by atoms with E-state index in [1.807, 2.05) is 4.08 Å². The first-order chi connectivity index (χ1) is 3.41. The highest BCUT2D eigenvalue weighted by Crippen LogP contribution is 1.80. The Labute approximate surface area is 55.9 Å². The molecule has 0 aromatic rings. The molecule has 2 nitrogen and oxygen atoms in total. The van der Waals surface area contributed by atoms with Gasteiger partial charge in [-0.3, -0.25) is 0 Å². The van der Waals surface area contributed by atoms with E-state index >= 15 is 0 Å². The zero-order chi connectivity index (χ0) is 5.54. The van der Waals surface area contributed by atoms with E-state index in [1.165, 1.54) is 0 Å². The van der Waals surface area contributed by atoms with Crippen LogP contribution in [0.25, 0.3) is 0 Å². The summed E-state index contributed by atoms with van der Waals surface area (Å²) in [4.78, 5) is 0. The van der Waals surface area contributed by atoms with Crippen LogP contribution in [0.1, 0.15) is 0 Å². The van der Waals surface area contributed by atoms with Crippen molar-refractivity contribution in [3.63, 3.8) is 0 Å². The molecule has 0 saturated heterocycles. The molecule has 0 atom stereocenters. The molecule has 0 bridgehead atoms. The number of hydrazone groups is 1. The van der Waals surface area contributed by atoms with Crippen molar-refractivity contribution in [3.05, 3.63) is 16.2 Å². The van der Waals surface area contributed by atoms with Crippen LogP contribution < -0.4 is 5.84 Å². The molecule has 0 radical (unpaired) electrons. The van der Waals surface area contributed by atoms with Crippen LogP contribution in [0.15, 0.2) is 21.3 Å². The molecule has 0 amide bonds. The topological polar surface area (TPSA) is 38.4 Å². The number of allylic oxidation sites excluding steroid dienone is 2. The fourth-order valence-corrected chi connectivity index (χ4v) is 0.330. The molecule has 0 rings (SSSR count). The summed E-state index contributed by atoms with van der Waals surface area (Å²) in [5.74, 6) is 7.15. The predicted molar refractivity (Wildman–Crippen MR) is 39.4 cm³/mol. The number of hydrogen-bond acceptors (Lipinski definition) is 2. The van der Waals surface area contributed by atoms with Crippen molar-refractivity contribution in [1.82, 2.24) is 0 Å². The van der Waals surface area contributed by atoms with E-state index in [0.29, 0.717) is 0 Å². The van der Waals surface area contributed by atoms with Crippen LogP contribution in [0.4, 0.5) is 0 Å². The molecule has 0 heterocycles. The first-order valence-electron chi connectivity index (χ1n) is 1.66. The van der Waals surface area contributed by atoms with Crippen LogP contribution >= 0.6 is 22.6 Å². The average molecular weight is 208 g/mol. The van der Waals surface area contributed by atoms with Gasteiger partial charge >= 0.3 is 0 Å². The van der Waals surface area contributed by atoms with Gasteiger partial charge in [0.25, 0.3) is 0 Å². The summed E-state index contributed by atoms with van der Waals surface area (Å²) in [6.07, 6.45) is 3.42. The lowest BCUT2D eigenvalue weighted by Gasteiger charge is -1.59. The third-order valence-corrected chi connectivity index (χ3v) is 0.733. The summed E-state index contributed by atoms with van der Waals surface area (Å²) in [6.45, 7) is 0. The van der Waals surface area contributed by atoms with Crippen LogP contribution in [0.5, 0.6) is 0 Å². The molecular weight excluding hydrogens is 203 g/mol. The minimum atomic E-state index is 1.63. The second-order valence-corrected chi connectivity index (χ2v) is 1.46. The molecule has 0 spiro atoms. The monoisotopic (exact) mass is 208 g/mol. The molecule has 0 aromatic carbocycles. The van der Waals surface area contributed by atoms with Gasteiger partial charge in [0.2, 0.25) is 0 Å². The smallest absolute Gasteiger partial charge is 0.00766 e. The third kappa shape index (κ3) is 5.72. The van der Waals surface area contributed by atoms with Crippen LogP contribution in [0, 0.1) is 0 Å². The van der Waals surface area contributed by atoms with E-state index in [9.17, 15) is 0 Å². The highest BCUT2D eigenvalue weighted by atomic mass is 127. The minimum absolute atomic E-state index is 1.63. The Hall–Kier alpha value is -0.280. The average Bonchev–Trinajstić information content (AvgIpc) is 1.69. The van der Waals surface area contributed by atoms with E-state index in [1.54, 1.807) is 12.2 Å². The molecule has 0 aliphatic rings. The molecule has 7 heavy (non-hydrogen) atoms. The minimum Gasteiger partial charge on any atom is -0.315 e. The second-order valence-electron chi connectivity index (χ2n) is 0.743. The van der Waals surface area contributed by atoms with Crippen LogP contribution in [-0.4, -0.2) is 5.87 Å². The Balaban J connectivity index is 3.48. The van der Waals surface area contributed by atoms with Crippen LogP contribution in [-0.2, 0) is 0 Å². The van der Waals surface area contributed by atoms with E-state index in [-0.39, 0.29) is 0 Å². The molecule has 0 fully saturated rings. The van der Waals surface area contributed by atoms with E-state index in [4.69, 9.17) is 5.84 Å². The lowest BCUT2D eigenvalue weighted by molar-refractivity contribution is 1.27. The Bertz CT molecular complexity index is 111. The molecular formula is C4H5IN2. The van der Waals surface area contributed by atoms with Gasteiger partial charge in [-0.25, -0.2) is 0 Å². The Morgan fingerprint density at radius 3 is 2.86 bits per heavy atom. The largest absolute Gasteiger partial charge is 0.315 e. The van der Waals surface area contributed by atoms with E-state index in [0.717, 1.165) is 0 Å². The third-order valence-electron chi connectivity index (χ3n) is 0.318. The van der Waals surface area contributed by atoms with Gasteiger partial charge in [-0.2, -0.15) is 0 Å². The maximum absolute atomic E-state index is 4.72. The fourth-order valence-electron chi connectivity index (χ4n) is 0.122. The summed E-state index contributed by atoms with van der Waals surface area (Å²) in [7, 11) is 0. The van der Waals surface area contributed by atoms with Gasteiger partial charge in [-0.05, 0) is 10.2 Å². The summed E-state index contributed by atoms with van der Waals surface area (Å²) in [5, 5.41) is 3.11. The summed E-state index contributed by atoms with van der Waals surface area (Å²) < 4.78 is 1.84. The van der Waals surface area contributed by atoms with Crippen molar-refractivity contribution >= 4 is 28.5 Å². The summed E-state index contributed by atoms with van der Waals surface area (Å²) >= 11 is 2.09. The first-order valence-corrected chi connectivity index (χ1v) is 2.90. The molecule has 0 unspecified atom stereocenters. The van der Waals surface area contributed by atoms with Crippen molar-refractivity contribution < 1.29 is 0 Å². The maximum atomic E-state index is 4.72. The van der Waals surface area contributed by atoms with Crippen molar-refractivity contribution in [3.8, 4) is 0 Å². The molecule has 0 aliphatic carbocycles. The van der Waals surface area contributed by atoms with Crippen molar-refractivity contribution in [2.24, 2.45) is 10.9 Å². The quantitative estimate of drug-likeness (QED) is 0.226. The van der Waals surface area contributed by atoms with E-state index in [2.05, 4.69) is 33.6 Å². The number of hydrogen-bond donors (Lipinski definition) is 1. The van der Waals surface area contributed by atoms with Gasteiger partial charge in [-0.1, -0.05) is 22.6 Å². The maximum Gasteiger partial charge on any atom is 0.00766 e. The molecule has 0 aliphatic heterocycles. The second kappa shape index (κ2) is 5.72. The SMILES string of the molecule is NN=C=C/C=C\I. The fraction of sp³-hybridized carbons (Fsp3) is 0. The van der Waals surface area contributed by atoms with Crippen molar-refractivity contribution in [2.45, 2.75) is 0 Å². The van der Waals surface area contributed by atoms with Gasteiger partial charge in [-0.15, -0.1) is 5.10 Å². The predicted octanol–water partition coefficient (Wildman–Crippen LogP) is 1.03. The van der Waals surface area contributed by atoms with Crippen LogP contribution in [0.2, 0.25) is 0 Å². The lowest BCUT2D eigenvalue weighted by Crippen LogP contribution is -1.72.